The van der Waals surface area contributed by atoms with Crippen molar-refractivity contribution < 1.29 is 9.26 Å². The van der Waals surface area contributed by atoms with Crippen LogP contribution in [0.2, 0.25) is 0 Å². The van der Waals surface area contributed by atoms with E-state index in [9.17, 15) is 0 Å². The fourth-order valence-corrected chi connectivity index (χ4v) is 2.69. The molecule has 2 heterocycles. The van der Waals surface area contributed by atoms with Gasteiger partial charge in [-0.1, -0.05) is 17.3 Å². The molecular weight excluding hydrogens is 370 g/mol. The maximum Gasteiger partial charge on any atom is 0.251 e. The maximum absolute atomic E-state index is 5.54. The summed E-state index contributed by atoms with van der Waals surface area (Å²) in [4.78, 5) is 4.57. The molecule has 0 amide bonds. The Kier molecular flexibility index (Phi) is 7.26. The van der Waals surface area contributed by atoms with Crippen molar-refractivity contribution in [2.24, 2.45) is 0 Å². The summed E-state index contributed by atoms with van der Waals surface area (Å²) in [6.45, 7) is 3.91. The number of halogens is 1. The van der Waals surface area contributed by atoms with E-state index in [1.54, 1.807) is 11.8 Å². The molecule has 9 nitrogen and oxygen atoms in total. The van der Waals surface area contributed by atoms with Crippen molar-refractivity contribution >= 4 is 12.4 Å². The summed E-state index contributed by atoms with van der Waals surface area (Å²) in [5, 5.41) is 19.1. The van der Waals surface area contributed by atoms with Gasteiger partial charge < -0.3 is 14.6 Å². The van der Waals surface area contributed by atoms with E-state index < -0.39 is 0 Å². The van der Waals surface area contributed by atoms with E-state index in [2.05, 4.69) is 37.9 Å². The molecule has 0 aliphatic heterocycles. The van der Waals surface area contributed by atoms with Crippen LogP contribution >= 0.6 is 12.4 Å². The molecule has 0 bridgehead atoms. The number of nitrogens with zero attached hydrogens (tertiary/aromatic N) is 6. The molecule has 0 saturated carbocycles. The van der Waals surface area contributed by atoms with Crippen molar-refractivity contribution in [2.75, 3.05) is 14.2 Å². The van der Waals surface area contributed by atoms with Crippen molar-refractivity contribution in [3.63, 3.8) is 0 Å². The van der Waals surface area contributed by atoms with Gasteiger partial charge in [0.1, 0.15) is 17.6 Å². The van der Waals surface area contributed by atoms with E-state index in [4.69, 9.17) is 9.26 Å². The molecule has 2 aromatic heterocycles. The average Bonchev–Trinajstić information content (AvgIpc) is 3.29. The molecule has 1 aromatic carbocycles. The van der Waals surface area contributed by atoms with Gasteiger partial charge in [-0.05, 0) is 49.0 Å². The molecule has 0 saturated heterocycles. The Balaban J connectivity index is 0.00000261. The number of benzene rings is 1. The second-order valence-corrected chi connectivity index (χ2v) is 6.18. The first-order valence-corrected chi connectivity index (χ1v) is 8.47. The van der Waals surface area contributed by atoms with Crippen LogP contribution in [0, 0.1) is 6.92 Å². The second-order valence-electron chi connectivity index (χ2n) is 6.18. The van der Waals surface area contributed by atoms with Crippen LogP contribution in [0.4, 0.5) is 0 Å². The monoisotopic (exact) mass is 393 g/mol. The van der Waals surface area contributed by atoms with E-state index in [1.807, 2.05) is 38.2 Å². The van der Waals surface area contributed by atoms with Crippen molar-refractivity contribution in [1.29, 1.82) is 0 Å². The van der Waals surface area contributed by atoms with Gasteiger partial charge in [0.15, 0.2) is 5.82 Å². The quantitative estimate of drug-likeness (QED) is 0.617. The van der Waals surface area contributed by atoms with Crippen molar-refractivity contribution in [2.45, 2.75) is 38.8 Å². The first-order chi connectivity index (χ1) is 12.6. The summed E-state index contributed by atoms with van der Waals surface area (Å²) in [5.41, 5.74) is 1.06. The number of rotatable bonds is 8. The van der Waals surface area contributed by atoms with Crippen LogP contribution < -0.4 is 10.1 Å². The Labute approximate surface area is 163 Å². The number of methoxy groups -OCH3 is 1. The minimum atomic E-state index is -0.289. The van der Waals surface area contributed by atoms with Gasteiger partial charge in [-0.3, -0.25) is 0 Å². The van der Waals surface area contributed by atoms with Crippen molar-refractivity contribution in [3.8, 4) is 5.75 Å². The highest BCUT2D eigenvalue weighted by Crippen LogP contribution is 2.24. The van der Waals surface area contributed by atoms with Crippen LogP contribution in [-0.2, 0) is 12.8 Å². The molecule has 1 N–H and O–H groups in total. The van der Waals surface area contributed by atoms with Crippen LogP contribution in [0.15, 0.2) is 28.8 Å². The summed E-state index contributed by atoms with van der Waals surface area (Å²) >= 11 is 0. The third-order valence-corrected chi connectivity index (χ3v) is 4.27. The Morgan fingerprint density at radius 1 is 1.30 bits per heavy atom. The standard InChI is InChI=1S/C17H23N7O2.ClH/c1-11(18-3)8-16-19-17(26-21-16)15(24-12(2)20-22-23-24)10-13-6-5-7-14(9-13)25-4;/h5-7,9,11,15,18H,8,10H2,1-4H3;1H. The van der Waals surface area contributed by atoms with E-state index >= 15 is 0 Å². The number of aryl methyl sites for hydroxylation is 1. The Hall–Kier alpha value is -2.52. The van der Waals surface area contributed by atoms with Crippen LogP contribution in [0.3, 0.4) is 0 Å². The molecule has 146 valence electrons. The number of aromatic nitrogens is 6. The first kappa shape index (κ1) is 20.8. The molecule has 3 aromatic rings. The zero-order valence-electron chi connectivity index (χ0n) is 15.8. The molecule has 0 radical (unpaired) electrons. The fourth-order valence-electron chi connectivity index (χ4n) is 2.69. The van der Waals surface area contributed by atoms with Crippen molar-refractivity contribution in [3.05, 3.63) is 47.4 Å². The Morgan fingerprint density at radius 3 is 2.78 bits per heavy atom. The largest absolute Gasteiger partial charge is 0.497 e. The van der Waals surface area contributed by atoms with E-state index in [0.717, 1.165) is 11.3 Å². The molecule has 10 heteroatoms. The van der Waals surface area contributed by atoms with Gasteiger partial charge in [0, 0.05) is 18.9 Å². The second kappa shape index (κ2) is 9.43. The SMILES string of the molecule is CNC(C)Cc1noc(C(Cc2cccc(OC)c2)n2nnnc2C)n1.Cl. The fraction of sp³-hybridized carbons (Fsp3) is 0.471. The number of ether oxygens (including phenoxy) is 1. The smallest absolute Gasteiger partial charge is 0.251 e. The minimum absolute atomic E-state index is 0. The first-order valence-electron chi connectivity index (χ1n) is 8.47. The van der Waals surface area contributed by atoms with Gasteiger partial charge in [-0.2, -0.15) is 4.98 Å². The maximum atomic E-state index is 5.54. The van der Waals surface area contributed by atoms with Crippen LogP contribution in [0.1, 0.15) is 36.1 Å². The van der Waals surface area contributed by atoms with Crippen LogP contribution in [-0.4, -0.2) is 50.5 Å². The molecule has 0 aliphatic rings. The number of hydrogen-bond acceptors (Lipinski definition) is 8. The lowest BCUT2D eigenvalue weighted by molar-refractivity contribution is 0.316. The lowest BCUT2D eigenvalue weighted by atomic mass is 10.1. The van der Waals surface area contributed by atoms with Gasteiger partial charge in [0.25, 0.3) is 5.89 Å². The average molecular weight is 394 g/mol. The van der Waals surface area contributed by atoms with Gasteiger partial charge in [0.2, 0.25) is 0 Å². The van der Waals surface area contributed by atoms with E-state index in [-0.39, 0.29) is 24.5 Å². The summed E-state index contributed by atoms with van der Waals surface area (Å²) in [7, 11) is 3.55. The van der Waals surface area contributed by atoms with Crippen LogP contribution in [0.5, 0.6) is 5.75 Å². The molecule has 2 unspecified atom stereocenters. The molecule has 0 aliphatic carbocycles. The predicted molar refractivity (Wildman–Crippen MR) is 101 cm³/mol. The summed E-state index contributed by atoms with van der Waals surface area (Å²) in [6.07, 6.45) is 1.28. The van der Waals surface area contributed by atoms with Crippen LogP contribution in [0.25, 0.3) is 0 Å². The summed E-state index contributed by atoms with van der Waals surface area (Å²) in [6, 6.07) is 7.83. The summed E-state index contributed by atoms with van der Waals surface area (Å²) < 4.78 is 12.6. The zero-order valence-corrected chi connectivity index (χ0v) is 16.6. The third-order valence-electron chi connectivity index (χ3n) is 4.27. The Bertz CT molecular complexity index is 851. The highest BCUT2D eigenvalue weighted by Gasteiger charge is 2.25. The van der Waals surface area contributed by atoms with Gasteiger partial charge >= 0.3 is 0 Å². The normalized spacial score (nSPS) is 13.0. The number of nitrogens with one attached hydrogen (secondary N) is 1. The molecule has 2 atom stereocenters. The molecule has 0 fully saturated rings. The molecular formula is C17H24ClN7O2. The predicted octanol–water partition coefficient (Wildman–Crippen LogP) is 1.78. The minimum Gasteiger partial charge on any atom is -0.497 e. The topological polar surface area (TPSA) is 104 Å². The third kappa shape index (κ3) is 5.01. The molecule has 0 spiro atoms. The van der Waals surface area contributed by atoms with E-state index in [0.29, 0.717) is 30.4 Å². The van der Waals surface area contributed by atoms with E-state index in [1.165, 1.54) is 0 Å². The summed E-state index contributed by atoms with van der Waals surface area (Å²) in [5.74, 6) is 2.62. The van der Waals surface area contributed by atoms with Gasteiger partial charge in [-0.15, -0.1) is 17.5 Å². The number of likely N-dealkylation sites (N-methyl/N-ethyl adjacent to an activating group) is 1. The van der Waals surface area contributed by atoms with Gasteiger partial charge in [-0.25, -0.2) is 4.68 Å². The zero-order chi connectivity index (χ0) is 18.5. The highest BCUT2D eigenvalue weighted by atomic mass is 35.5. The molecule has 3 rings (SSSR count). The number of tetrazole rings is 1. The highest BCUT2D eigenvalue weighted by molar-refractivity contribution is 5.85. The molecule has 27 heavy (non-hydrogen) atoms. The lowest BCUT2D eigenvalue weighted by Gasteiger charge is -2.14. The number of hydrogen-bond donors (Lipinski definition) is 1. The Morgan fingerprint density at radius 2 is 2.11 bits per heavy atom. The van der Waals surface area contributed by atoms with Gasteiger partial charge in [0.05, 0.1) is 7.11 Å². The lowest BCUT2D eigenvalue weighted by Crippen LogP contribution is -2.24. The van der Waals surface area contributed by atoms with Crippen molar-refractivity contribution in [1.82, 2.24) is 35.7 Å².